The minimum Gasteiger partial charge on any atom is -0.469 e. The highest BCUT2D eigenvalue weighted by molar-refractivity contribution is 5.79. The van der Waals surface area contributed by atoms with E-state index in [2.05, 4.69) is 19.2 Å². The van der Waals surface area contributed by atoms with Gasteiger partial charge in [-0.1, -0.05) is 6.92 Å². The average Bonchev–Trinajstić information content (AvgIpc) is 2.43. The Morgan fingerprint density at radius 3 is 2.50 bits per heavy atom. The molecule has 0 bridgehead atoms. The van der Waals surface area contributed by atoms with Crippen LogP contribution in [-0.4, -0.2) is 49.6 Å². The molecule has 5 heteroatoms. The fraction of sp³-hybridized carbons (Fsp3) is 0.846. The molecular weight excluding hydrogens is 232 g/mol. The monoisotopic (exact) mass is 256 g/mol. The summed E-state index contributed by atoms with van der Waals surface area (Å²) >= 11 is 0. The van der Waals surface area contributed by atoms with Crippen molar-refractivity contribution in [2.24, 2.45) is 5.92 Å². The van der Waals surface area contributed by atoms with E-state index >= 15 is 0 Å². The molecule has 0 saturated carbocycles. The van der Waals surface area contributed by atoms with E-state index in [0.717, 1.165) is 6.42 Å². The van der Waals surface area contributed by atoms with Gasteiger partial charge in [-0.25, -0.2) is 0 Å². The number of esters is 1. The summed E-state index contributed by atoms with van der Waals surface area (Å²) in [5.74, 6) is -0.0694. The maximum Gasteiger partial charge on any atom is 0.308 e. The standard InChI is InChI=1S/C13H24N2O3/c1-4-10(2)14-9-12(16)15-7-5-11(6-8-15)13(17)18-3/h10-11,14H,4-9H2,1-3H3. The molecule has 1 atom stereocenters. The number of amides is 1. The second-order valence-corrected chi connectivity index (χ2v) is 4.87. The minimum absolute atomic E-state index is 0.0402. The SMILES string of the molecule is CCC(C)NCC(=O)N1CCC(C(=O)OC)CC1. The molecule has 1 aliphatic heterocycles. The molecule has 0 aromatic carbocycles. The van der Waals surface area contributed by atoms with Gasteiger partial charge in [-0.3, -0.25) is 9.59 Å². The van der Waals surface area contributed by atoms with Gasteiger partial charge < -0.3 is 15.0 Å². The largest absolute Gasteiger partial charge is 0.469 e. The van der Waals surface area contributed by atoms with Crippen LogP contribution in [0.5, 0.6) is 0 Å². The van der Waals surface area contributed by atoms with Gasteiger partial charge in [-0.15, -0.1) is 0 Å². The van der Waals surface area contributed by atoms with E-state index in [9.17, 15) is 9.59 Å². The van der Waals surface area contributed by atoms with Gasteiger partial charge in [0.1, 0.15) is 0 Å². The molecule has 1 aliphatic rings. The van der Waals surface area contributed by atoms with Crippen LogP contribution in [-0.2, 0) is 14.3 Å². The third-order valence-electron chi connectivity index (χ3n) is 3.60. The van der Waals surface area contributed by atoms with E-state index in [0.29, 0.717) is 38.5 Å². The van der Waals surface area contributed by atoms with Crippen molar-refractivity contribution in [1.29, 1.82) is 0 Å². The minimum atomic E-state index is -0.153. The second kappa shape index (κ2) is 7.36. The van der Waals surface area contributed by atoms with Gasteiger partial charge in [0, 0.05) is 19.1 Å². The molecule has 5 nitrogen and oxygen atoms in total. The zero-order chi connectivity index (χ0) is 13.5. The lowest BCUT2D eigenvalue weighted by molar-refractivity contribution is -0.148. The first-order valence-electron chi connectivity index (χ1n) is 6.67. The summed E-state index contributed by atoms with van der Waals surface area (Å²) in [7, 11) is 1.41. The van der Waals surface area contributed by atoms with Crippen molar-refractivity contribution in [3.63, 3.8) is 0 Å². The Balaban J connectivity index is 2.29. The molecule has 1 amide bonds. The summed E-state index contributed by atoms with van der Waals surface area (Å²) in [5, 5.41) is 3.19. The lowest BCUT2D eigenvalue weighted by atomic mass is 9.97. The molecule has 1 fully saturated rings. The molecule has 1 rings (SSSR count). The van der Waals surface area contributed by atoms with Crippen molar-refractivity contribution >= 4 is 11.9 Å². The van der Waals surface area contributed by atoms with Gasteiger partial charge in [0.05, 0.1) is 19.6 Å². The number of likely N-dealkylation sites (tertiary alicyclic amines) is 1. The highest BCUT2D eigenvalue weighted by atomic mass is 16.5. The second-order valence-electron chi connectivity index (χ2n) is 4.87. The number of hydrogen-bond acceptors (Lipinski definition) is 4. The van der Waals surface area contributed by atoms with Crippen molar-refractivity contribution in [3.8, 4) is 0 Å². The van der Waals surface area contributed by atoms with E-state index in [1.807, 2.05) is 4.90 Å². The topological polar surface area (TPSA) is 58.6 Å². The van der Waals surface area contributed by atoms with Crippen LogP contribution in [0, 0.1) is 5.92 Å². The van der Waals surface area contributed by atoms with E-state index in [1.165, 1.54) is 7.11 Å². The molecule has 0 spiro atoms. The van der Waals surface area contributed by atoms with Gasteiger partial charge in [-0.05, 0) is 26.2 Å². The van der Waals surface area contributed by atoms with Crippen molar-refractivity contribution in [3.05, 3.63) is 0 Å². The van der Waals surface area contributed by atoms with Crippen LogP contribution in [0.4, 0.5) is 0 Å². The number of piperidine rings is 1. The van der Waals surface area contributed by atoms with Crippen LogP contribution >= 0.6 is 0 Å². The number of rotatable bonds is 5. The van der Waals surface area contributed by atoms with Crippen molar-refractivity contribution in [1.82, 2.24) is 10.2 Å². The van der Waals surface area contributed by atoms with Crippen LogP contribution in [0.15, 0.2) is 0 Å². The van der Waals surface area contributed by atoms with E-state index < -0.39 is 0 Å². The van der Waals surface area contributed by atoms with Gasteiger partial charge in [0.2, 0.25) is 5.91 Å². The summed E-state index contributed by atoms with van der Waals surface area (Å²) in [6.07, 6.45) is 2.43. The maximum atomic E-state index is 11.9. The number of ether oxygens (including phenoxy) is 1. The highest BCUT2D eigenvalue weighted by Gasteiger charge is 2.27. The molecule has 1 unspecified atom stereocenters. The zero-order valence-electron chi connectivity index (χ0n) is 11.6. The van der Waals surface area contributed by atoms with Crippen LogP contribution in [0.2, 0.25) is 0 Å². The number of carbonyl (C=O) groups is 2. The highest BCUT2D eigenvalue weighted by Crippen LogP contribution is 2.18. The summed E-state index contributed by atoms with van der Waals surface area (Å²) < 4.78 is 4.72. The first-order chi connectivity index (χ1) is 8.58. The smallest absolute Gasteiger partial charge is 0.308 e. The summed E-state index contributed by atoms with van der Waals surface area (Å²) in [6, 6.07) is 0.363. The first-order valence-corrected chi connectivity index (χ1v) is 6.67. The molecule has 1 saturated heterocycles. The van der Waals surface area contributed by atoms with Crippen molar-refractivity contribution in [2.75, 3.05) is 26.7 Å². The van der Waals surface area contributed by atoms with Crippen molar-refractivity contribution < 1.29 is 14.3 Å². The Morgan fingerprint density at radius 2 is 2.00 bits per heavy atom. The molecule has 0 radical (unpaired) electrons. The molecule has 18 heavy (non-hydrogen) atoms. The van der Waals surface area contributed by atoms with Crippen LogP contribution in [0.25, 0.3) is 0 Å². The van der Waals surface area contributed by atoms with E-state index in [1.54, 1.807) is 0 Å². The Hall–Kier alpha value is -1.10. The Labute approximate surface area is 109 Å². The Bertz CT molecular complexity index is 286. The van der Waals surface area contributed by atoms with Gasteiger partial charge >= 0.3 is 5.97 Å². The molecule has 0 aromatic rings. The number of nitrogens with zero attached hydrogens (tertiary/aromatic N) is 1. The normalized spacial score (nSPS) is 18.5. The summed E-state index contributed by atoms with van der Waals surface area (Å²) in [6.45, 7) is 5.85. The Morgan fingerprint density at radius 1 is 1.39 bits per heavy atom. The van der Waals surface area contributed by atoms with Crippen molar-refractivity contribution in [2.45, 2.75) is 39.2 Å². The van der Waals surface area contributed by atoms with Gasteiger partial charge in [0.25, 0.3) is 0 Å². The van der Waals surface area contributed by atoms with Crippen LogP contribution < -0.4 is 5.32 Å². The predicted molar refractivity (Wildman–Crippen MR) is 69.1 cm³/mol. The van der Waals surface area contributed by atoms with Crippen LogP contribution in [0.3, 0.4) is 0 Å². The zero-order valence-corrected chi connectivity index (χ0v) is 11.6. The average molecular weight is 256 g/mol. The number of hydrogen-bond donors (Lipinski definition) is 1. The van der Waals surface area contributed by atoms with Crippen LogP contribution in [0.1, 0.15) is 33.1 Å². The summed E-state index contributed by atoms with van der Waals surface area (Å²) in [4.78, 5) is 25.1. The predicted octanol–water partition coefficient (Wildman–Crippen LogP) is 0.786. The lowest BCUT2D eigenvalue weighted by Gasteiger charge is -2.31. The van der Waals surface area contributed by atoms with Gasteiger partial charge in [-0.2, -0.15) is 0 Å². The quantitative estimate of drug-likeness (QED) is 0.739. The molecule has 104 valence electrons. The molecular formula is C13H24N2O3. The number of methoxy groups -OCH3 is 1. The van der Waals surface area contributed by atoms with E-state index in [-0.39, 0.29) is 17.8 Å². The summed E-state index contributed by atoms with van der Waals surface area (Å²) in [5.41, 5.74) is 0. The number of carbonyl (C=O) groups excluding carboxylic acids is 2. The fourth-order valence-electron chi connectivity index (χ4n) is 2.05. The first kappa shape index (κ1) is 15.0. The van der Waals surface area contributed by atoms with E-state index in [4.69, 9.17) is 4.74 Å². The molecule has 1 heterocycles. The van der Waals surface area contributed by atoms with Gasteiger partial charge in [0.15, 0.2) is 0 Å². The number of nitrogens with one attached hydrogen (secondary N) is 1. The maximum absolute atomic E-state index is 11.9. The molecule has 0 aromatic heterocycles. The third-order valence-corrected chi connectivity index (χ3v) is 3.60. The lowest BCUT2D eigenvalue weighted by Crippen LogP contribution is -2.45. The Kier molecular flexibility index (Phi) is 6.12. The fourth-order valence-corrected chi connectivity index (χ4v) is 2.05. The molecule has 0 aliphatic carbocycles. The molecule has 1 N–H and O–H groups in total. The third kappa shape index (κ3) is 4.29.